The van der Waals surface area contributed by atoms with Crippen LogP contribution < -0.4 is 5.73 Å². The molecule has 1 aliphatic heterocycles. The molecule has 0 aromatic heterocycles. The van der Waals surface area contributed by atoms with Gasteiger partial charge in [-0.3, -0.25) is 4.90 Å². The highest BCUT2D eigenvalue weighted by Crippen LogP contribution is 2.22. The van der Waals surface area contributed by atoms with Crippen LogP contribution >= 0.6 is 15.9 Å². The summed E-state index contributed by atoms with van der Waals surface area (Å²) in [5.74, 6) is 0. The SMILES string of the molecule is CC1CN(Cc2cc(N)ccc2Br)CCCO1. The molecule has 1 heterocycles. The van der Waals surface area contributed by atoms with Gasteiger partial charge in [0.2, 0.25) is 0 Å². The Bertz CT molecular complexity index is 384. The number of halogens is 1. The van der Waals surface area contributed by atoms with Gasteiger partial charge in [0.05, 0.1) is 6.10 Å². The van der Waals surface area contributed by atoms with Crippen molar-refractivity contribution < 1.29 is 4.74 Å². The van der Waals surface area contributed by atoms with Gasteiger partial charge in [0.25, 0.3) is 0 Å². The minimum Gasteiger partial charge on any atom is -0.399 e. The van der Waals surface area contributed by atoms with E-state index in [-0.39, 0.29) is 0 Å². The van der Waals surface area contributed by atoms with Crippen molar-refractivity contribution in [3.8, 4) is 0 Å². The lowest BCUT2D eigenvalue weighted by Gasteiger charge is -2.22. The monoisotopic (exact) mass is 298 g/mol. The van der Waals surface area contributed by atoms with Crippen molar-refractivity contribution in [3.05, 3.63) is 28.2 Å². The van der Waals surface area contributed by atoms with Crippen LogP contribution in [0.25, 0.3) is 0 Å². The highest BCUT2D eigenvalue weighted by Gasteiger charge is 2.16. The van der Waals surface area contributed by atoms with Gasteiger partial charge in [-0.2, -0.15) is 0 Å². The van der Waals surface area contributed by atoms with Crippen molar-refractivity contribution in [1.29, 1.82) is 0 Å². The van der Waals surface area contributed by atoms with Crippen molar-refractivity contribution >= 4 is 21.6 Å². The number of rotatable bonds is 2. The highest BCUT2D eigenvalue weighted by molar-refractivity contribution is 9.10. The second-order valence-electron chi connectivity index (χ2n) is 4.62. The van der Waals surface area contributed by atoms with E-state index in [1.807, 2.05) is 18.2 Å². The quantitative estimate of drug-likeness (QED) is 0.853. The lowest BCUT2D eigenvalue weighted by Crippen LogP contribution is -2.29. The third-order valence-electron chi connectivity index (χ3n) is 3.00. The summed E-state index contributed by atoms with van der Waals surface area (Å²) in [7, 11) is 0. The fourth-order valence-electron chi connectivity index (χ4n) is 2.18. The van der Waals surface area contributed by atoms with E-state index in [9.17, 15) is 0 Å². The first-order valence-corrected chi connectivity index (χ1v) is 6.82. The first-order chi connectivity index (χ1) is 8.15. The molecule has 2 N–H and O–H groups in total. The van der Waals surface area contributed by atoms with Crippen LogP contribution in [-0.2, 0) is 11.3 Å². The minimum atomic E-state index is 0.317. The molecule has 0 radical (unpaired) electrons. The standard InChI is InChI=1S/C13H19BrN2O/c1-10-8-16(5-2-6-17-10)9-11-7-12(15)3-4-13(11)14/h3-4,7,10H,2,5-6,8-9,15H2,1H3. The molecule has 4 heteroatoms. The number of ether oxygens (including phenoxy) is 1. The molecule has 1 aromatic rings. The molecule has 0 spiro atoms. The molecule has 94 valence electrons. The average Bonchev–Trinajstić information content (AvgIpc) is 2.48. The molecule has 0 bridgehead atoms. The lowest BCUT2D eigenvalue weighted by atomic mass is 10.2. The fourth-order valence-corrected chi connectivity index (χ4v) is 2.55. The molecule has 2 rings (SSSR count). The van der Waals surface area contributed by atoms with Crippen LogP contribution in [0.15, 0.2) is 22.7 Å². The van der Waals surface area contributed by atoms with E-state index < -0.39 is 0 Å². The molecule has 3 nitrogen and oxygen atoms in total. The van der Waals surface area contributed by atoms with Crippen LogP contribution in [0, 0.1) is 0 Å². The number of hydrogen-bond donors (Lipinski definition) is 1. The molecule has 1 fully saturated rings. The third kappa shape index (κ3) is 3.69. The summed E-state index contributed by atoms with van der Waals surface area (Å²) >= 11 is 3.58. The Kier molecular flexibility index (Phi) is 4.42. The van der Waals surface area contributed by atoms with Gasteiger partial charge in [-0.25, -0.2) is 0 Å². The topological polar surface area (TPSA) is 38.5 Å². The maximum Gasteiger partial charge on any atom is 0.0674 e. The molecule has 0 saturated carbocycles. The zero-order chi connectivity index (χ0) is 12.3. The molecule has 0 amide bonds. The van der Waals surface area contributed by atoms with E-state index in [1.165, 1.54) is 5.56 Å². The number of nitrogen functional groups attached to an aromatic ring is 1. The Balaban J connectivity index is 2.06. The van der Waals surface area contributed by atoms with Crippen LogP contribution in [0.2, 0.25) is 0 Å². The summed E-state index contributed by atoms with van der Waals surface area (Å²) in [4.78, 5) is 2.43. The largest absolute Gasteiger partial charge is 0.399 e. The second-order valence-corrected chi connectivity index (χ2v) is 5.48. The van der Waals surface area contributed by atoms with E-state index in [4.69, 9.17) is 10.5 Å². The van der Waals surface area contributed by atoms with Gasteiger partial charge in [-0.1, -0.05) is 15.9 Å². The Hall–Kier alpha value is -0.580. The van der Waals surface area contributed by atoms with Crippen molar-refractivity contribution in [2.75, 3.05) is 25.4 Å². The van der Waals surface area contributed by atoms with Gasteiger partial charge in [0.1, 0.15) is 0 Å². The van der Waals surface area contributed by atoms with Crippen LogP contribution in [0.4, 0.5) is 5.69 Å². The predicted molar refractivity (Wildman–Crippen MR) is 73.9 cm³/mol. The first kappa shape index (κ1) is 12.9. The lowest BCUT2D eigenvalue weighted by molar-refractivity contribution is 0.0668. The molecule has 17 heavy (non-hydrogen) atoms. The Morgan fingerprint density at radius 1 is 1.53 bits per heavy atom. The predicted octanol–water partition coefficient (Wildman–Crippen LogP) is 2.64. The number of benzene rings is 1. The molecule has 1 saturated heterocycles. The van der Waals surface area contributed by atoms with Crippen LogP contribution in [0.5, 0.6) is 0 Å². The van der Waals surface area contributed by atoms with Gasteiger partial charge in [-0.05, 0) is 37.1 Å². The normalized spacial score (nSPS) is 22.4. The number of nitrogens with two attached hydrogens (primary N) is 1. The van der Waals surface area contributed by atoms with Gasteiger partial charge in [0, 0.05) is 36.4 Å². The number of hydrogen-bond acceptors (Lipinski definition) is 3. The van der Waals surface area contributed by atoms with Crippen LogP contribution in [0.1, 0.15) is 18.9 Å². The Labute approximate surface area is 111 Å². The molecule has 0 aliphatic carbocycles. The molecule has 1 unspecified atom stereocenters. The van der Waals surface area contributed by atoms with Crippen molar-refractivity contribution in [3.63, 3.8) is 0 Å². The zero-order valence-corrected chi connectivity index (χ0v) is 11.7. The second kappa shape index (κ2) is 5.85. The molecule has 1 aromatic carbocycles. The van der Waals surface area contributed by atoms with E-state index in [0.717, 1.165) is 42.8 Å². The maximum atomic E-state index is 5.83. The summed E-state index contributed by atoms with van der Waals surface area (Å²) in [6, 6.07) is 5.98. The van der Waals surface area contributed by atoms with Gasteiger partial charge >= 0.3 is 0 Å². The summed E-state index contributed by atoms with van der Waals surface area (Å²) in [6.07, 6.45) is 1.42. The summed E-state index contributed by atoms with van der Waals surface area (Å²) in [5.41, 5.74) is 7.90. The minimum absolute atomic E-state index is 0.317. The molecular weight excluding hydrogens is 280 g/mol. The number of anilines is 1. The van der Waals surface area contributed by atoms with E-state index in [1.54, 1.807) is 0 Å². The van der Waals surface area contributed by atoms with Gasteiger partial charge < -0.3 is 10.5 Å². The Morgan fingerprint density at radius 3 is 3.18 bits per heavy atom. The van der Waals surface area contributed by atoms with Crippen LogP contribution in [0.3, 0.4) is 0 Å². The fraction of sp³-hybridized carbons (Fsp3) is 0.538. The van der Waals surface area contributed by atoms with Gasteiger partial charge in [0.15, 0.2) is 0 Å². The summed E-state index contributed by atoms with van der Waals surface area (Å²) < 4.78 is 6.78. The molecular formula is C13H19BrN2O. The third-order valence-corrected chi connectivity index (χ3v) is 3.77. The molecule has 1 aliphatic rings. The van der Waals surface area contributed by atoms with Crippen molar-refractivity contribution in [2.24, 2.45) is 0 Å². The highest BCUT2D eigenvalue weighted by atomic mass is 79.9. The summed E-state index contributed by atoms with van der Waals surface area (Å²) in [5, 5.41) is 0. The number of nitrogens with zero attached hydrogens (tertiary/aromatic N) is 1. The van der Waals surface area contributed by atoms with Crippen LogP contribution in [-0.4, -0.2) is 30.7 Å². The van der Waals surface area contributed by atoms with E-state index in [0.29, 0.717) is 6.10 Å². The van der Waals surface area contributed by atoms with E-state index >= 15 is 0 Å². The first-order valence-electron chi connectivity index (χ1n) is 6.03. The maximum absolute atomic E-state index is 5.83. The van der Waals surface area contributed by atoms with Crippen molar-refractivity contribution in [1.82, 2.24) is 4.90 Å². The molecule has 1 atom stereocenters. The smallest absolute Gasteiger partial charge is 0.0674 e. The zero-order valence-electron chi connectivity index (χ0n) is 10.2. The van der Waals surface area contributed by atoms with Crippen molar-refractivity contribution in [2.45, 2.75) is 26.0 Å². The van der Waals surface area contributed by atoms with E-state index in [2.05, 4.69) is 27.8 Å². The average molecular weight is 299 g/mol. The summed E-state index contributed by atoms with van der Waals surface area (Å²) in [6.45, 7) is 6.01. The van der Waals surface area contributed by atoms with Gasteiger partial charge in [-0.15, -0.1) is 0 Å². The Morgan fingerprint density at radius 2 is 2.35 bits per heavy atom.